The Morgan fingerprint density at radius 3 is 2.58 bits per heavy atom. The molecule has 1 aromatic heterocycles. The normalized spacial score (nSPS) is 28.0. The van der Waals surface area contributed by atoms with Gasteiger partial charge in [-0.2, -0.15) is 0 Å². The van der Waals surface area contributed by atoms with Crippen LogP contribution in [-0.4, -0.2) is 23.3 Å². The average molecular weight is 282 g/mol. The van der Waals surface area contributed by atoms with E-state index in [-0.39, 0.29) is 0 Å². The third kappa shape index (κ3) is 3.54. The van der Waals surface area contributed by atoms with Gasteiger partial charge in [0.1, 0.15) is 5.76 Å². The summed E-state index contributed by atoms with van der Waals surface area (Å²) in [7, 11) is 2.07. The molecule has 1 fully saturated rings. The maximum Gasteiger partial charge on any atom is 0.256 e. The van der Waals surface area contributed by atoms with E-state index in [0.717, 1.165) is 28.5 Å². The molecule has 0 saturated heterocycles. The van der Waals surface area contributed by atoms with Crippen molar-refractivity contribution in [1.29, 1.82) is 0 Å². The van der Waals surface area contributed by atoms with Crippen LogP contribution in [0, 0.1) is 25.7 Å². The SMILES string of the molecule is CNC1CCC(C(C)C)CC1Sc1nc(C)c(C)o1. The molecule has 1 saturated carbocycles. The number of aromatic nitrogens is 1. The molecule has 2 rings (SSSR count). The lowest BCUT2D eigenvalue weighted by Gasteiger charge is -2.36. The van der Waals surface area contributed by atoms with Gasteiger partial charge in [0.25, 0.3) is 5.22 Å². The van der Waals surface area contributed by atoms with Crippen molar-refractivity contribution in [2.24, 2.45) is 11.8 Å². The van der Waals surface area contributed by atoms with Gasteiger partial charge in [0.05, 0.1) is 5.69 Å². The average Bonchev–Trinajstić information content (AvgIpc) is 2.68. The van der Waals surface area contributed by atoms with E-state index in [1.165, 1.54) is 19.3 Å². The predicted molar refractivity (Wildman–Crippen MR) is 80.6 cm³/mol. The van der Waals surface area contributed by atoms with E-state index < -0.39 is 0 Å². The lowest BCUT2D eigenvalue weighted by atomic mass is 9.79. The van der Waals surface area contributed by atoms with E-state index in [1.807, 2.05) is 25.6 Å². The number of nitrogens with zero attached hydrogens (tertiary/aromatic N) is 1. The second-order valence-corrected chi connectivity index (χ2v) is 7.18. The largest absolute Gasteiger partial charge is 0.437 e. The number of rotatable bonds is 4. The van der Waals surface area contributed by atoms with Crippen molar-refractivity contribution in [3.8, 4) is 0 Å². The summed E-state index contributed by atoms with van der Waals surface area (Å²) in [5.41, 5.74) is 1.01. The Balaban J connectivity index is 2.05. The van der Waals surface area contributed by atoms with Crippen LogP contribution in [0.4, 0.5) is 0 Å². The Morgan fingerprint density at radius 1 is 1.32 bits per heavy atom. The predicted octanol–water partition coefficient (Wildman–Crippen LogP) is 3.80. The molecule has 0 aromatic carbocycles. The molecule has 0 aliphatic heterocycles. The van der Waals surface area contributed by atoms with Gasteiger partial charge in [0.15, 0.2) is 0 Å². The molecular weight excluding hydrogens is 256 g/mol. The fraction of sp³-hybridized carbons (Fsp3) is 0.800. The first-order valence-corrected chi connectivity index (χ1v) is 8.17. The van der Waals surface area contributed by atoms with Crippen molar-refractivity contribution in [2.45, 2.75) is 63.5 Å². The fourth-order valence-electron chi connectivity index (χ4n) is 2.85. The molecule has 1 aromatic rings. The molecule has 3 nitrogen and oxygen atoms in total. The number of oxazole rings is 1. The molecule has 1 heterocycles. The van der Waals surface area contributed by atoms with Crippen LogP contribution in [0.3, 0.4) is 0 Å². The topological polar surface area (TPSA) is 38.1 Å². The van der Waals surface area contributed by atoms with Crippen molar-refractivity contribution in [1.82, 2.24) is 10.3 Å². The summed E-state index contributed by atoms with van der Waals surface area (Å²) in [5.74, 6) is 2.55. The highest BCUT2D eigenvalue weighted by Gasteiger charge is 2.32. The summed E-state index contributed by atoms with van der Waals surface area (Å²) >= 11 is 1.81. The lowest BCUT2D eigenvalue weighted by Crippen LogP contribution is -2.41. The zero-order valence-corrected chi connectivity index (χ0v) is 13.5. The van der Waals surface area contributed by atoms with Crippen molar-refractivity contribution >= 4 is 11.8 Å². The zero-order valence-electron chi connectivity index (χ0n) is 12.7. The number of aryl methyl sites for hydroxylation is 2. The molecule has 1 aliphatic carbocycles. The van der Waals surface area contributed by atoms with Gasteiger partial charge in [-0.25, -0.2) is 4.98 Å². The van der Waals surface area contributed by atoms with Crippen LogP contribution >= 0.6 is 11.8 Å². The fourth-order valence-corrected chi connectivity index (χ4v) is 4.25. The molecule has 108 valence electrons. The maximum absolute atomic E-state index is 5.73. The van der Waals surface area contributed by atoms with Crippen LogP contribution in [-0.2, 0) is 0 Å². The van der Waals surface area contributed by atoms with E-state index in [2.05, 4.69) is 31.2 Å². The molecule has 0 radical (unpaired) electrons. The van der Waals surface area contributed by atoms with Gasteiger partial charge in [0.2, 0.25) is 0 Å². The molecule has 19 heavy (non-hydrogen) atoms. The molecular formula is C15H26N2OS. The van der Waals surface area contributed by atoms with Gasteiger partial charge in [-0.05, 0) is 52.0 Å². The van der Waals surface area contributed by atoms with E-state index in [4.69, 9.17) is 4.42 Å². The number of hydrogen-bond donors (Lipinski definition) is 1. The molecule has 1 aliphatic rings. The summed E-state index contributed by atoms with van der Waals surface area (Å²) in [6.45, 7) is 8.67. The van der Waals surface area contributed by atoms with E-state index in [0.29, 0.717) is 11.3 Å². The van der Waals surface area contributed by atoms with Gasteiger partial charge in [0, 0.05) is 11.3 Å². The summed E-state index contributed by atoms with van der Waals surface area (Å²) in [4.78, 5) is 4.51. The molecule has 0 amide bonds. The Labute approximate surface area is 120 Å². The standard InChI is InChI=1S/C15H26N2OS/c1-9(2)12-6-7-13(16-5)14(8-12)19-15-17-10(3)11(4)18-15/h9,12-14,16H,6-8H2,1-5H3. The third-order valence-electron chi connectivity index (χ3n) is 4.41. The van der Waals surface area contributed by atoms with E-state index in [9.17, 15) is 0 Å². The van der Waals surface area contributed by atoms with Gasteiger partial charge in [-0.3, -0.25) is 0 Å². The molecule has 3 atom stereocenters. The quantitative estimate of drug-likeness (QED) is 0.911. The highest BCUT2D eigenvalue weighted by molar-refractivity contribution is 7.99. The Morgan fingerprint density at radius 2 is 2.05 bits per heavy atom. The van der Waals surface area contributed by atoms with Gasteiger partial charge in [-0.1, -0.05) is 25.6 Å². The van der Waals surface area contributed by atoms with Crippen LogP contribution in [0.25, 0.3) is 0 Å². The number of thioether (sulfide) groups is 1. The Bertz CT molecular complexity index is 397. The Hall–Kier alpha value is -0.480. The summed E-state index contributed by atoms with van der Waals surface area (Å²) in [6.07, 6.45) is 3.86. The van der Waals surface area contributed by atoms with Crippen LogP contribution in [0.1, 0.15) is 44.6 Å². The zero-order chi connectivity index (χ0) is 14.0. The molecule has 4 heteroatoms. The molecule has 1 N–H and O–H groups in total. The summed E-state index contributed by atoms with van der Waals surface area (Å²) < 4.78 is 5.73. The van der Waals surface area contributed by atoms with Crippen molar-refractivity contribution in [3.63, 3.8) is 0 Å². The molecule has 0 spiro atoms. The minimum Gasteiger partial charge on any atom is -0.437 e. The first kappa shape index (κ1) is 14.9. The molecule has 0 bridgehead atoms. The highest BCUT2D eigenvalue weighted by atomic mass is 32.2. The third-order valence-corrected chi connectivity index (χ3v) is 5.61. The van der Waals surface area contributed by atoms with E-state index >= 15 is 0 Å². The smallest absolute Gasteiger partial charge is 0.256 e. The van der Waals surface area contributed by atoms with Crippen molar-refractivity contribution < 1.29 is 4.42 Å². The second-order valence-electron chi connectivity index (χ2n) is 5.99. The van der Waals surface area contributed by atoms with Crippen LogP contribution < -0.4 is 5.32 Å². The van der Waals surface area contributed by atoms with Crippen molar-refractivity contribution in [2.75, 3.05) is 7.05 Å². The van der Waals surface area contributed by atoms with Gasteiger partial charge >= 0.3 is 0 Å². The number of hydrogen-bond acceptors (Lipinski definition) is 4. The first-order valence-electron chi connectivity index (χ1n) is 7.29. The van der Waals surface area contributed by atoms with Crippen molar-refractivity contribution in [3.05, 3.63) is 11.5 Å². The minimum atomic E-state index is 0.573. The monoisotopic (exact) mass is 282 g/mol. The molecule has 3 unspecified atom stereocenters. The summed E-state index contributed by atoms with van der Waals surface area (Å²) in [5, 5.41) is 4.88. The van der Waals surface area contributed by atoms with Gasteiger partial charge in [-0.15, -0.1) is 0 Å². The maximum atomic E-state index is 5.73. The minimum absolute atomic E-state index is 0.573. The Kier molecular flexibility index (Phi) is 4.96. The van der Waals surface area contributed by atoms with Gasteiger partial charge < -0.3 is 9.73 Å². The summed E-state index contributed by atoms with van der Waals surface area (Å²) in [6, 6.07) is 0.576. The van der Waals surface area contributed by atoms with E-state index in [1.54, 1.807) is 0 Å². The lowest BCUT2D eigenvalue weighted by molar-refractivity contribution is 0.250. The van der Waals surface area contributed by atoms with Crippen LogP contribution in [0.5, 0.6) is 0 Å². The van der Waals surface area contributed by atoms with Crippen LogP contribution in [0.2, 0.25) is 0 Å². The highest BCUT2D eigenvalue weighted by Crippen LogP contribution is 2.39. The second kappa shape index (κ2) is 6.31. The number of nitrogens with one attached hydrogen (secondary N) is 1. The first-order chi connectivity index (χ1) is 9.01. The van der Waals surface area contributed by atoms with Crippen LogP contribution in [0.15, 0.2) is 9.64 Å².